The van der Waals surface area contributed by atoms with E-state index < -0.39 is 77.7 Å². The monoisotopic (exact) mass is 816 g/mol. The summed E-state index contributed by atoms with van der Waals surface area (Å²) in [5.74, 6) is -5.06. The number of carbonyl (C=O) groups is 6. The molecule has 20 nitrogen and oxygen atoms in total. The van der Waals surface area contributed by atoms with E-state index in [0.717, 1.165) is 0 Å². The highest BCUT2D eigenvalue weighted by atomic mass is 16.4. The third-order valence-corrected chi connectivity index (χ3v) is 9.83. The Morgan fingerprint density at radius 3 is 1.95 bits per heavy atom. The van der Waals surface area contributed by atoms with Crippen LogP contribution in [0.25, 0.3) is 0 Å². The van der Waals surface area contributed by atoms with Crippen LogP contribution in [0.4, 0.5) is 0 Å². The second kappa shape index (κ2) is 24.2. The Hall–Kier alpha value is -5.66. The van der Waals surface area contributed by atoms with E-state index in [1.165, 1.54) is 17.0 Å². The van der Waals surface area contributed by atoms with Gasteiger partial charge < -0.3 is 65.0 Å². The highest BCUT2D eigenvalue weighted by Gasteiger charge is 2.40. The number of carboxylic acids is 1. The van der Waals surface area contributed by atoms with E-state index in [-0.39, 0.29) is 75.3 Å². The van der Waals surface area contributed by atoms with Crippen molar-refractivity contribution in [2.24, 2.45) is 50.5 Å². The van der Waals surface area contributed by atoms with Gasteiger partial charge in [0, 0.05) is 26.1 Å². The van der Waals surface area contributed by atoms with E-state index >= 15 is 0 Å². The topological polar surface area (TPSA) is 349 Å². The molecule has 324 valence electrons. The fraction of sp³-hybridized carbons (Fsp3) is 0.632. The maximum atomic E-state index is 14.1. The summed E-state index contributed by atoms with van der Waals surface area (Å²) in [5.41, 5.74) is 28.3. The number of likely N-dealkylation sites (tertiary alicyclic amines) is 1. The molecule has 58 heavy (non-hydrogen) atoms. The molecule has 0 bridgehead atoms. The van der Waals surface area contributed by atoms with Crippen LogP contribution in [0, 0.1) is 11.8 Å². The summed E-state index contributed by atoms with van der Waals surface area (Å²) in [7, 11) is 0. The van der Waals surface area contributed by atoms with Gasteiger partial charge in [-0.25, -0.2) is 4.79 Å². The van der Waals surface area contributed by atoms with Gasteiger partial charge in [0.1, 0.15) is 36.0 Å². The van der Waals surface area contributed by atoms with Crippen molar-refractivity contribution < 1.29 is 39.0 Å². The molecule has 1 fully saturated rings. The molecule has 20 heteroatoms. The molecule has 1 aromatic carbocycles. The fourth-order valence-electron chi connectivity index (χ4n) is 6.45. The lowest BCUT2D eigenvalue weighted by molar-refractivity contribution is -0.143. The van der Waals surface area contributed by atoms with E-state index in [4.69, 9.17) is 28.7 Å². The summed E-state index contributed by atoms with van der Waals surface area (Å²) in [6.45, 7) is 7.84. The van der Waals surface area contributed by atoms with E-state index in [9.17, 15) is 39.0 Å². The van der Waals surface area contributed by atoms with E-state index in [1.54, 1.807) is 19.1 Å². The van der Waals surface area contributed by atoms with Gasteiger partial charge in [0.15, 0.2) is 11.9 Å². The molecule has 1 heterocycles. The molecule has 2 rings (SSSR count). The standard InChI is InChI=1S/C38H64N12O8/c1-5-22(4)30(34(55)48-28(36(57)58)19-21(2)3)49-32(53)27(20-23-12-14-24(51)15-13-23)47-33(54)29-11-8-18-50(29)35(56)26(10-7-17-45-38(42)43)46-31(52)25(39)9-6-16-44-37(40)41/h12-15,21-22,25-30,51H,5-11,16-20,39H2,1-4H3,(H,46,52)(H,47,54)(H,48,55)(H,49,53)(H,57,58)(H4,40,41,44)(H4,42,43,45)/t22-,25-,26-,27+,28-,29-,30-/m0/s1. The molecule has 0 unspecified atom stereocenters. The van der Waals surface area contributed by atoms with Crippen molar-refractivity contribution in [3.05, 3.63) is 29.8 Å². The number of hydrogen-bond donors (Lipinski definition) is 11. The molecule has 0 radical (unpaired) electrons. The number of aromatic hydroxyl groups is 1. The Balaban J connectivity index is 2.36. The minimum Gasteiger partial charge on any atom is -0.508 e. The lowest BCUT2D eigenvalue weighted by atomic mass is 9.96. The predicted molar refractivity (Wildman–Crippen MR) is 219 cm³/mol. The lowest BCUT2D eigenvalue weighted by Gasteiger charge is -2.31. The number of hydrogen-bond acceptors (Lipinski definition) is 10. The van der Waals surface area contributed by atoms with Gasteiger partial charge in [0.25, 0.3) is 0 Å². The summed E-state index contributed by atoms with van der Waals surface area (Å²) in [4.78, 5) is 90.1. The van der Waals surface area contributed by atoms with Crippen molar-refractivity contribution in [3.63, 3.8) is 0 Å². The number of carboxylic acid groups (broad SMARTS) is 1. The molecule has 1 saturated heterocycles. The molecule has 7 atom stereocenters. The van der Waals surface area contributed by atoms with Crippen molar-refractivity contribution in [1.82, 2.24) is 26.2 Å². The van der Waals surface area contributed by atoms with Crippen LogP contribution in [0.15, 0.2) is 34.3 Å². The molecule has 0 saturated carbocycles. The zero-order valence-corrected chi connectivity index (χ0v) is 34.0. The largest absolute Gasteiger partial charge is 0.508 e. The van der Waals surface area contributed by atoms with Gasteiger partial charge in [0.2, 0.25) is 29.5 Å². The summed E-state index contributed by atoms with van der Waals surface area (Å²) < 4.78 is 0. The number of carbonyl (C=O) groups excluding carboxylic acids is 5. The van der Waals surface area contributed by atoms with Crippen LogP contribution in [-0.4, -0.2) is 118 Å². The molecular weight excluding hydrogens is 752 g/mol. The third-order valence-electron chi connectivity index (χ3n) is 9.83. The lowest BCUT2D eigenvalue weighted by Crippen LogP contribution is -2.60. The summed E-state index contributed by atoms with van der Waals surface area (Å²) in [6, 6.07) is -0.652. The number of phenolic OH excluding ortho intramolecular Hbond substituents is 1. The minimum absolute atomic E-state index is 0.0105. The number of phenols is 1. The van der Waals surface area contributed by atoms with Gasteiger partial charge in [-0.2, -0.15) is 0 Å². The first-order valence-corrected chi connectivity index (χ1v) is 19.7. The average molecular weight is 817 g/mol. The normalized spacial score (nSPS) is 16.8. The van der Waals surface area contributed by atoms with Gasteiger partial charge >= 0.3 is 5.97 Å². The van der Waals surface area contributed by atoms with Gasteiger partial charge in [-0.3, -0.25) is 34.0 Å². The SMILES string of the molecule is CC[C@H](C)[C@H](NC(=O)[C@@H](Cc1ccc(O)cc1)NC(=O)[C@@H]1CCCN1C(=O)[C@H](CCCN=C(N)N)NC(=O)[C@@H](N)CCCN=C(N)N)C(=O)N[C@@H](CC(C)C)C(=O)O. The zero-order valence-electron chi connectivity index (χ0n) is 34.0. The Morgan fingerprint density at radius 2 is 1.40 bits per heavy atom. The zero-order chi connectivity index (χ0) is 43.5. The number of rotatable bonds is 24. The van der Waals surface area contributed by atoms with E-state index in [2.05, 4.69) is 31.3 Å². The maximum Gasteiger partial charge on any atom is 0.326 e. The van der Waals surface area contributed by atoms with Gasteiger partial charge in [-0.05, 0) is 74.5 Å². The first kappa shape index (κ1) is 48.5. The molecule has 0 aromatic heterocycles. The number of nitrogens with two attached hydrogens (primary N) is 5. The number of nitrogens with zero attached hydrogens (tertiary/aromatic N) is 3. The average Bonchev–Trinajstić information content (AvgIpc) is 3.66. The first-order chi connectivity index (χ1) is 27.3. The molecule has 1 aromatic rings. The van der Waals surface area contributed by atoms with Crippen LogP contribution in [-0.2, 0) is 35.2 Å². The van der Waals surface area contributed by atoms with Crippen LogP contribution in [0.2, 0.25) is 0 Å². The molecule has 16 N–H and O–H groups in total. The number of benzene rings is 1. The number of aliphatic imine (C=N–C) groups is 2. The molecule has 1 aliphatic rings. The van der Waals surface area contributed by atoms with Crippen LogP contribution < -0.4 is 49.9 Å². The highest BCUT2D eigenvalue weighted by Crippen LogP contribution is 2.21. The van der Waals surface area contributed by atoms with Crippen molar-refractivity contribution in [2.45, 2.75) is 122 Å². The quantitative estimate of drug-likeness (QED) is 0.0321. The Morgan fingerprint density at radius 1 is 0.810 bits per heavy atom. The Bertz CT molecular complexity index is 1600. The van der Waals surface area contributed by atoms with Gasteiger partial charge in [0.05, 0.1) is 6.04 Å². The van der Waals surface area contributed by atoms with Crippen LogP contribution in [0.3, 0.4) is 0 Å². The van der Waals surface area contributed by atoms with Crippen molar-refractivity contribution in [2.75, 3.05) is 19.6 Å². The number of amides is 5. The Kier molecular flexibility index (Phi) is 20.2. The number of aliphatic carboxylic acids is 1. The van der Waals surface area contributed by atoms with Gasteiger partial charge in [-0.15, -0.1) is 0 Å². The summed E-state index contributed by atoms with van der Waals surface area (Å²) >= 11 is 0. The fourth-order valence-corrected chi connectivity index (χ4v) is 6.45. The van der Waals surface area contributed by atoms with Crippen molar-refractivity contribution in [1.29, 1.82) is 0 Å². The van der Waals surface area contributed by atoms with Crippen LogP contribution in [0.5, 0.6) is 5.75 Å². The van der Waals surface area contributed by atoms with Crippen LogP contribution in [0.1, 0.15) is 84.6 Å². The number of nitrogens with one attached hydrogen (secondary N) is 4. The van der Waals surface area contributed by atoms with Crippen molar-refractivity contribution in [3.8, 4) is 5.75 Å². The molecule has 0 aliphatic carbocycles. The summed E-state index contributed by atoms with van der Waals surface area (Å²) in [5, 5.41) is 30.4. The molecule has 5 amide bonds. The number of guanidine groups is 2. The van der Waals surface area contributed by atoms with Crippen LogP contribution >= 0.6 is 0 Å². The first-order valence-electron chi connectivity index (χ1n) is 19.7. The van der Waals surface area contributed by atoms with Crippen molar-refractivity contribution >= 4 is 47.4 Å². The highest BCUT2D eigenvalue weighted by molar-refractivity contribution is 5.96. The molecule has 1 aliphatic heterocycles. The molecule has 0 spiro atoms. The van der Waals surface area contributed by atoms with E-state index in [1.807, 2.05) is 20.8 Å². The second-order valence-corrected chi connectivity index (χ2v) is 15.1. The minimum atomic E-state index is -1.26. The van der Waals surface area contributed by atoms with E-state index in [0.29, 0.717) is 31.2 Å². The maximum absolute atomic E-state index is 14.1. The smallest absolute Gasteiger partial charge is 0.326 e. The summed E-state index contributed by atoms with van der Waals surface area (Å²) in [6.07, 6.45) is 2.36. The molecular formula is C38H64N12O8. The third kappa shape index (κ3) is 16.4. The van der Waals surface area contributed by atoms with Gasteiger partial charge in [-0.1, -0.05) is 46.2 Å². The Labute approximate surface area is 339 Å². The predicted octanol–water partition coefficient (Wildman–Crippen LogP) is -1.52. The second-order valence-electron chi connectivity index (χ2n) is 15.1.